The summed E-state index contributed by atoms with van der Waals surface area (Å²) in [6.07, 6.45) is 2.08. The van der Waals surface area contributed by atoms with Crippen LogP contribution in [0.5, 0.6) is 0 Å². The summed E-state index contributed by atoms with van der Waals surface area (Å²) >= 11 is 0. The molecule has 0 atom stereocenters. The minimum atomic E-state index is -1.30. The summed E-state index contributed by atoms with van der Waals surface area (Å²) in [5.41, 5.74) is 0.240. The second-order valence-corrected chi connectivity index (χ2v) is 3.36. The third kappa shape index (κ3) is 4.08. The Hall–Kier alpha value is -0.640. The molecule has 0 amide bonds. The number of carbonyl (C=O) groups excluding carboxylic acids is 2. The average Bonchev–Trinajstić information content (AvgIpc) is 2.25. The molecule has 0 aliphatic carbocycles. The fraction of sp³-hybridized carbons (Fsp3) is 0.333. The summed E-state index contributed by atoms with van der Waals surface area (Å²) < 4.78 is 0. The molecule has 0 radical (unpaired) electrons. The van der Waals surface area contributed by atoms with Crippen LogP contribution in [0.3, 0.4) is 0 Å². The van der Waals surface area contributed by atoms with Gasteiger partial charge in [0, 0.05) is 17.5 Å². The van der Waals surface area contributed by atoms with Crippen molar-refractivity contribution in [1.82, 2.24) is 0 Å². The largest absolute Gasteiger partial charge is 1.00 e. The van der Waals surface area contributed by atoms with Gasteiger partial charge >= 0.3 is 29.6 Å². The summed E-state index contributed by atoms with van der Waals surface area (Å²) in [4.78, 5) is 22.4. The van der Waals surface area contributed by atoms with Gasteiger partial charge < -0.3 is 9.90 Å². The molecular formula is C12H13NaO3. The minimum absolute atomic E-state index is 0. The number of carboxylic acid groups (broad SMARTS) is 1. The van der Waals surface area contributed by atoms with E-state index in [9.17, 15) is 14.7 Å². The standard InChI is InChI=1S/C12H14O3.Na/c1-2-3-8-11(13)9-6-4-5-7-10(9)12(14)15;/h4-7H,2-3,8H2,1H3,(H,14,15);/q;+1/p-1. The van der Waals surface area contributed by atoms with Crippen LogP contribution in [0.25, 0.3) is 0 Å². The molecular weight excluding hydrogens is 215 g/mol. The Labute approximate surface area is 117 Å². The van der Waals surface area contributed by atoms with Crippen LogP contribution in [-0.2, 0) is 0 Å². The molecule has 16 heavy (non-hydrogen) atoms. The van der Waals surface area contributed by atoms with Gasteiger partial charge in [0.1, 0.15) is 0 Å². The molecule has 0 unspecified atom stereocenters. The SMILES string of the molecule is CCCCC(=O)c1ccccc1C(=O)[O-].[Na+]. The number of carboxylic acids is 1. The van der Waals surface area contributed by atoms with E-state index in [-0.39, 0.29) is 46.5 Å². The van der Waals surface area contributed by atoms with E-state index in [0.717, 1.165) is 12.8 Å². The summed E-state index contributed by atoms with van der Waals surface area (Å²) in [6, 6.07) is 6.17. The maximum Gasteiger partial charge on any atom is 1.00 e. The van der Waals surface area contributed by atoms with E-state index in [1.54, 1.807) is 12.1 Å². The number of carbonyl (C=O) groups is 2. The van der Waals surface area contributed by atoms with E-state index in [1.165, 1.54) is 12.1 Å². The van der Waals surface area contributed by atoms with Crippen LogP contribution in [-0.4, -0.2) is 11.8 Å². The van der Waals surface area contributed by atoms with Gasteiger partial charge in [0.05, 0.1) is 5.97 Å². The molecule has 4 heteroatoms. The first-order valence-corrected chi connectivity index (χ1v) is 5.00. The molecule has 0 aliphatic heterocycles. The number of aromatic carboxylic acids is 1. The van der Waals surface area contributed by atoms with E-state index >= 15 is 0 Å². The van der Waals surface area contributed by atoms with E-state index in [2.05, 4.69) is 0 Å². The fourth-order valence-electron chi connectivity index (χ4n) is 1.38. The van der Waals surface area contributed by atoms with Gasteiger partial charge in [-0.3, -0.25) is 4.79 Å². The zero-order valence-electron chi connectivity index (χ0n) is 9.66. The van der Waals surface area contributed by atoms with Crippen molar-refractivity contribution in [3.63, 3.8) is 0 Å². The van der Waals surface area contributed by atoms with Gasteiger partial charge in [-0.05, 0) is 6.42 Å². The van der Waals surface area contributed by atoms with Gasteiger partial charge in [0.15, 0.2) is 5.78 Å². The molecule has 80 valence electrons. The molecule has 1 aromatic carbocycles. The number of hydrogen-bond donors (Lipinski definition) is 0. The smallest absolute Gasteiger partial charge is 0.545 e. The summed E-state index contributed by atoms with van der Waals surface area (Å²) in [5.74, 6) is -1.42. The first-order valence-electron chi connectivity index (χ1n) is 5.00. The van der Waals surface area contributed by atoms with Crippen molar-refractivity contribution in [3.05, 3.63) is 35.4 Å². The normalized spacial score (nSPS) is 9.31. The Morgan fingerprint density at radius 1 is 1.19 bits per heavy atom. The van der Waals surface area contributed by atoms with Gasteiger partial charge in [-0.25, -0.2) is 0 Å². The predicted molar refractivity (Wildman–Crippen MR) is 54.6 cm³/mol. The molecule has 3 nitrogen and oxygen atoms in total. The van der Waals surface area contributed by atoms with Crippen LogP contribution in [0.4, 0.5) is 0 Å². The van der Waals surface area contributed by atoms with E-state index < -0.39 is 5.97 Å². The van der Waals surface area contributed by atoms with Crippen molar-refractivity contribution in [2.45, 2.75) is 26.2 Å². The molecule has 0 aliphatic rings. The maximum atomic E-state index is 11.6. The Kier molecular flexibility index (Phi) is 7.30. The Balaban J connectivity index is 0.00000225. The second kappa shape index (κ2) is 7.60. The average molecular weight is 228 g/mol. The Morgan fingerprint density at radius 3 is 2.25 bits per heavy atom. The van der Waals surface area contributed by atoms with Crippen LogP contribution in [0.15, 0.2) is 24.3 Å². The number of hydrogen-bond acceptors (Lipinski definition) is 3. The third-order valence-corrected chi connectivity index (χ3v) is 2.20. The van der Waals surface area contributed by atoms with Crippen molar-refractivity contribution >= 4 is 11.8 Å². The van der Waals surface area contributed by atoms with E-state index in [0.29, 0.717) is 6.42 Å². The van der Waals surface area contributed by atoms with Crippen molar-refractivity contribution in [1.29, 1.82) is 0 Å². The van der Waals surface area contributed by atoms with Gasteiger partial charge in [-0.2, -0.15) is 0 Å². The molecule has 0 heterocycles. The van der Waals surface area contributed by atoms with Crippen LogP contribution >= 0.6 is 0 Å². The molecule has 0 spiro atoms. The number of ketones is 1. The van der Waals surface area contributed by atoms with E-state index in [4.69, 9.17) is 0 Å². The number of benzene rings is 1. The minimum Gasteiger partial charge on any atom is -0.545 e. The first-order chi connectivity index (χ1) is 7.16. The maximum absolute atomic E-state index is 11.6. The van der Waals surface area contributed by atoms with E-state index in [1.807, 2.05) is 6.92 Å². The molecule has 1 rings (SSSR count). The predicted octanol–water partition coefficient (Wildman–Crippen LogP) is -1.57. The molecule has 0 saturated heterocycles. The van der Waals surface area contributed by atoms with Crippen molar-refractivity contribution in [2.75, 3.05) is 0 Å². The Morgan fingerprint density at radius 2 is 1.75 bits per heavy atom. The summed E-state index contributed by atoms with van der Waals surface area (Å²) in [7, 11) is 0. The van der Waals surface area contributed by atoms with Crippen molar-refractivity contribution in [3.8, 4) is 0 Å². The summed E-state index contributed by atoms with van der Waals surface area (Å²) in [6.45, 7) is 1.98. The molecule has 0 saturated carbocycles. The van der Waals surface area contributed by atoms with Crippen LogP contribution in [0.1, 0.15) is 46.9 Å². The van der Waals surface area contributed by atoms with Gasteiger partial charge in [0.25, 0.3) is 0 Å². The van der Waals surface area contributed by atoms with Gasteiger partial charge in [-0.15, -0.1) is 0 Å². The second-order valence-electron chi connectivity index (χ2n) is 3.36. The molecule has 0 N–H and O–H groups in total. The number of rotatable bonds is 5. The molecule has 1 aromatic rings. The topological polar surface area (TPSA) is 57.2 Å². The van der Waals surface area contributed by atoms with Crippen molar-refractivity contribution < 1.29 is 44.3 Å². The van der Waals surface area contributed by atoms with Crippen LogP contribution < -0.4 is 34.7 Å². The molecule has 0 aromatic heterocycles. The number of unbranched alkanes of at least 4 members (excludes halogenated alkanes) is 1. The Bertz CT molecular complexity index is 374. The zero-order chi connectivity index (χ0) is 11.3. The zero-order valence-corrected chi connectivity index (χ0v) is 11.7. The molecule has 0 bridgehead atoms. The van der Waals surface area contributed by atoms with Crippen LogP contribution in [0, 0.1) is 0 Å². The van der Waals surface area contributed by atoms with Crippen molar-refractivity contribution in [2.24, 2.45) is 0 Å². The van der Waals surface area contributed by atoms with Gasteiger partial charge in [0.2, 0.25) is 0 Å². The quantitative estimate of drug-likeness (QED) is 0.452. The number of Topliss-reactive ketones (excluding diaryl/α,β-unsaturated/α-hetero) is 1. The first kappa shape index (κ1) is 15.4. The fourth-order valence-corrected chi connectivity index (χ4v) is 1.38. The third-order valence-electron chi connectivity index (χ3n) is 2.20. The monoisotopic (exact) mass is 228 g/mol. The summed E-state index contributed by atoms with van der Waals surface area (Å²) in [5, 5.41) is 10.7. The van der Waals surface area contributed by atoms with Gasteiger partial charge in [-0.1, -0.05) is 37.6 Å². The van der Waals surface area contributed by atoms with Crippen LogP contribution in [0.2, 0.25) is 0 Å². The molecule has 0 fully saturated rings.